The minimum atomic E-state index is -0.191. The smallest absolute Gasteiger partial charge is 0.274 e. The van der Waals surface area contributed by atoms with Crippen LogP contribution in [0, 0.1) is 6.92 Å². The number of aryl methyl sites for hydroxylation is 1. The van der Waals surface area contributed by atoms with Gasteiger partial charge in [0.15, 0.2) is 5.82 Å². The maximum atomic E-state index is 11.7. The Morgan fingerprint density at radius 1 is 1.22 bits per heavy atom. The maximum Gasteiger partial charge on any atom is 0.274 e. The molecule has 0 bridgehead atoms. The van der Waals surface area contributed by atoms with E-state index in [0.29, 0.717) is 11.3 Å². The van der Waals surface area contributed by atoms with Crippen LogP contribution < -0.4 is 5.56 Å². The SMILES string of the molecule is Cc1cccc(-c2ncc3cc[nH]c(=O)c3n2)c1. The van der Waals surface area contributed by atoms with Gasteiger partial charge in [-0.1, -0.05) is 23.8 Å². The molecule has 0 aliphatic heterocycles. The molecule has 0 amide bonds. The molecule has 3 rings (SSSR count). The van der Waals surface area contributed by atoms with Crippen molar-refractivity contribution in [2.24, 2.45) is 0 Å². The second-order valence-corrected chi connectivity index (χ2v) is 4.17. The first kappa shape index (κ1) is 10.7. The molecule has 0 saturated heterocycles. The van der Waals surface area contributed by atoms with Crippen molar-refractivity contribution >= 4 is 10.9 Å². The number of hydrogen-bond donors (Lipinski definition) is 1. The summed E-state index contributed by atoms with van der Waals surface area (Å²) in [5, 5.41) is 0.746. The van der Waals surface area contributed by atoms with Crippen molar-refractivity contribution in [1.82, 2.24) is 15.0 Å². The highest BCUT2D eigenvalue weighted by atomic mass is 16.1. The summed E-state index contributed by atoms with van der Waals surface area (Å²) in [4.78, 5) is 22.9. The highest BCUT2D eigenvalue weighted by molar-refractivity contribution is 5.78. The maximum absolute atomic E-state index is 11.7. The fourth-order valence-electron chi connectivity index (χ4n) is 1.89. The molecular formula is C14H11N3O. The summed E-state index contributed by atoms with van der Waals surface area (Å²) in [6.45, 7) is 2.01. The van der Waals surface area contributed by atoms with Gasteiger partial charge in [-0.05, 0) is 19.1 Å². The Bertz CT molecular complexity index is 777. The number of nitrogens with zero attached hydrogens (tertiary/aromatic N) is 2. The number of H-pyrrole nitrogens is 1. The lowest BCUT2D eigenvalue weighted by Gasteiger charge is -2.02. The second kappa shape index (κ2) is 4.07. The van der Waals surface area contributed by atoms with Crippen molar-refractivity contribution < 1.29 is 0 Å². The monoisotopic (exact) mass is 237 g/mol. The third-order valence-corrected chi connectivity index (χ3v) is 2.79. The number of aromatic amines is 1. The van der Waals surface area contributed by atoms with Gasteiger partial charge in [0.1, 0.15) is 5.52 Å². The van der Waals surface area contributed by atoms with Gasteiger partial charge in [-0.2, -0.15) is 0 Å². The third kappa shape index (κ3) is 1.78. The number of pyridine rings is 1. The average molecular weight is 237 g/mol. The second-order valence-electron chi connectivity index (χ2n) is 4.17. The standard InChI is InChI=1S/C14H11N3O/c1-9-3-2-4-10(7-9)13-16-8-11-5-6-15-14(18)12(11)17-13/h2-8H,1H3,(H,15,18). The molecule has 2 aromatic heterocycles. The quantitative estimate of drug-likeness (QED) is 0.706. The number of rotatable bonds is 1. The van der Waals surface area contributed by atoms with E-state index in [-0.39, 0.29) is 5.56 Å². The van der Waals surface area contributed by atoms with Gasteiger partial charge in [-0.3, -0.25) is 4.79 Å². The summed E-state index contributed by atoms with van der Waals surface area (Å²) >= 11 is 0. The van der Waals surface area contributed by atoms with Gasteiger partial charge in [0.2, 0.25) is 0 Å². The van der Waals surface area contributed by atoms with Gasteiger partial charge in [0.25, 0.3) is 5.56 Å². The molecule has 0 aliphatic carbocycles. The first-order valence-electron chi connectivity index (χ1n) is 5.65. The largest absolute Gasteiger partial charge is 0.327 e. The molecule has 1 aromatic carbocycles. The molecule has 0 unspecified atom stereocenters. The molecule has 0 spiro atoms. The summed E-state index contributed by atoms with van der Waals surface area (Å²) in [5.41, 5.74) is 2.28. The first-order chi connectivity index (χ1) is 8.74. The zero-order valence-electron chi connectivity index (χ0n) is 9.84. The molecule has 0 aliphatic rings. The van der Waals surface area contributed by atoms with Gasteiger partial charge in [0.05, 0.1) is 0 Å². The first-order valence-corrected chi connectivity index (χ1v) is 5.65. The molecule has 0 saturated carbocycles. The molecule has 4 heteroatoms. The zero-order valence-corrected chi connectivity index (χ0v) is 9.84. The lowest BCUT2D eigenvalue weighted by atomic mass is 10.1. The van der Waals surface area contributed by atoms with Crippen LogP contribution in [-0.2, 0) is 0 Å². The Balaban J connectivity index is 2.25. The van der Waals surface area contributed by atoms with E-state index in [4.69, 9.17) is 0 Å². The molecule has 18 heavy (non-hydrogen) atoms. The summed E-state index contributed by atoms with van der Waals surface area (Å²) in [6, 6.07) is 9.69. The van der Waals surface area contributed by atoms with Crippen molar-refractivity contribution in [3.05, 3.63) is 58.6 Å². The normalized spacial score (nSPS) is 10.7. The van der Waals surface area contributed by atoms with Crippen molar-refractivity contribution in [3.8, 4) is 11.4 Å². The molecule has 1 N–H and O–H groups in total. The number of benzene rings is 1. The Morgan fingerprint density at radius 2 is 2.11 bits per heavy atom. The van der Waals surface area contributed by atoms with Crippen LogP contribution in [-0.4, -0.2) is 15.0 Å². The van der Waals surface area contributed by atoms with E-state index in [2.05, 4.69) is 15.0 Å². The number of aromatic nitrogens is 3. The predicted octanol–water partition coefficient (Wildman–Crippen LogP) is 2.29. The fraction of sp³-hybridized carbons (Fsp3) is 0.0714. The van der Waals surface area contributed by atoms with Gasteiger partial charge < -0.3 is 4.98 Å². The topological polar surface area (TPSA) is 58.6 Å². The molecule has 0 radical (unpaired) electrons. The summed E-state index contributed by atoms with van der Waals surface area (Å²) in [7, 11) is 0. The molecule has 88 valence electrons. The van der Waals surface area contributed by atoms with E-state index in [0.717, 1.165) is 16.5 Å². The van der Waals surface area contributed by atoms with Crippen LogP contribution in [0.15, 0.2) is 47.5 Å². The number of fused-ring (bicyclic) bond motifs is 1. The van der Waals surface area contributed by atoms with Gasteiger partial charge in [0, 0.05) is 23.3 Å². The van der Waals surface area contributed by atoms with E-state index in [9.17, 15) is 4.79 Å². The summed E-state index contributed by atoms with van der Waals surface area (Å²) in [5.74, 6) is 0.572. The molecule has 0 atom stereocenters. The molecule has 2 heterocycles. The van der Waals surface area contributed by atoms with E-state index < -0.39 is 0 Å². The van der Waals surface area contributed by atoms with E-state index in [1.54, 1.807) is 18.5 Å². The number of nitrogens with one attached hydrogen (secondary N) is 1. The minimum absolute atomic E-state index is 0.191. The molecule has 3 aromatic rings. The predicted molar refractivity (Wildman–Crippen MR) is 70.3 cm³/mol. The van der Waals surface area contributed by atoms with Gasteiger partial charge in [-0.15, -0.1) is 0 Å². The van der Waals surface area contributed by atoms with Crippen LogP contribution >= 0.6 is 0 Å². The Morgan fingerprint density at radius 3 is 2.94 bits per heavy atom. The third-order valence-electron chi connectivity index (χ3n) is 2.79. The van der Waals surface area contributed by atoms with Crippen LogP contribution in [0.25, 0.3) is 22.3 Å². The fourth-order valence-corrected chi connectivity index (χ4v) is 1.89. The van der Waals surface area contributed by atoms with Gasteiger partial charge in [-0.25, -0.2) is 9.97 Å². The van der Waals surface area contributed by atoms with Crippen LogP contribution in [0.2, 0.25) is 0 Å². The molecular weight excluding hydrogens is 226 g/mol. The van der Waals surface area contributed by atoms with Crippen LogP contribution in [0.5, 0.6) is 0 Å². The van der Waals surface area contributed by atoms with Crippen molar-refractivity contribution in [1.29, 1.82) is 0 Å². The highest BCUT2D eigenvalue weighted by Gasteiger charge is 2.05. The lowest BCUT2D eigenvalue weighted by Crippen LogP contribution is -2.07. The average Bonchev–Trinajstić information content (AvgIpc) is 2.39. The Labute approximate surface area is 103 Å². The van der Waals surface area contributed by atoms with Gasteiger partial charge >= 0.3 is 0 Å². The zero-order chi connectivity index (χ0) is 12.5. The summed E-state index contributed by atoms with van der Waals surface area (Å²) < 4.78 is 0. The lowest BCUT2D eigenvalue weighted by molar-refractivity contribution is 1.18. The van der Waals surface area contributed by atoms with Crippen molar-refractivity contribution in [3.63, 3.8) is 0 Å². The van der Waals surface area contributed by atoms with E-state index >= 15 is 0 Å². The minimum Gasteiger partial charge on any atom is -0.327 e. The van der Waals surface area contributed by atoms with E-state index in [1.807, 2.05) is 31.2 Å². The highest BCUT2D eigenvalue weighted by Crippen LogP contribution is 2.17. The van der Waals surface area contributed by atoms with Crippen molar-refractivity contribution in [2.45, 2.75) is 6.92 Å². The van der Waals surface area contributed by atoms with Crippen molar-refractivity contribution in [2.75, 3.05) is 0 Å². The molecule has 0 fully saturated rings. The van der Waals surface area contributed by atoms with E-state index in [1.165, 1.54) is 0 Å². The number of hydrogen-bond acceptors (Lipinski definition) is 3. The van der Waals surface area contributed by atoms with Crippen LogP contribution in [0.3, 0.4) is 0 Å². The molecule has 4 nitrogen and oxygen atoms in total. The summed E-state index contributed by atoms with van der Waals surface area (Å²) in [6.07, 6.45) is 3.27. The van der Waals surface area contributed by atoms with Crippen LogP contribution in [0.1, 0.15) is 5.56 Å². The van der Waals surface area contributed by atoms with Crippen LogP contribution in [0.4, 0.5) is 0 Å². The Kier molecular flexibility index (Phi) is 2.41. The Hall–Kier alpha value is -2.49.